The van der Waals surface area contributed by atoms with E-state index in [1.165, 1.54) is 9.58 Å². The van der Waals surface area contributed by atoms with E-state index in [1.54, 1.807) is 26.4 Å². The molecule has 1 aromatic rings. The van der Waals surface area contributed by atoms with E-state index in [-0.39, 0.29) is 19.1 Å². The van der Waals surface area contributed by atoms with Gasteiger partial charge in [-0.25, -0.2) is 0 Å². The highest BCUT2D eigenvalue weighted by atomic mass is 16.3. The summed E-state index contributed by atoms with van der Waals surface area (Å²) in [7, 11) is 3.27. The lowest BCUT2D eigenvalue weighted by Crippen LogP contribution is -2.36. The van der Waals surface area contributed by atoms with Crippen LogP contribution in [0.1, 0.15) is 10.5 Å². The minimum Gasteiger partial charge on any atom is -0.394 e. The second kappa shape index (κ2) is 4.90. The van der Waals surface area contributed by atoms with Crippen LogP contribution in [0.25, 0.3) is 0 Å². The molecule has 1 atom stereocenters. The van der Waals surface area contributed by atoms with Crippen molar-refractivity contribution in [3.8, 4) is 0 Å². The number of likely N-dealkylation sites (N-methyl/N-ethyl adjacent to an activating group) is 1. The van der Waals surface area contributed by atoms with Crippen molar-refractivity contribution >= 4 is 5.91 Å². The van der Waals surface area contributed by atoms with Gasteiger partial charge in [0.25, 0.3) is 5.91 Å². The fourth-order valence-corrected chi connectivity index (χ4v) is 1.18. The molecule has 0 aliphatic rings. The van der Waals surface area contributed by atoms with Gasteiger partial charge in [0.2, 0.25) is 0 Å². The quantitative estimate of drug-likeness (QED) is 0.661. The van der Waals surface area contributed by atoms with Crippen molar-refractivity contribution in [3.63, 3.8) is 0 Å². The Hall–Kier alpha value is -1.40. The molecule has 0 aliphatic carbocycles. The van der Waals surface area contributed by atoms with Crippen LogP contribution in [0.2, 0.25) is 0 Å². The van der Waals surface area contributed by atoms with Crippen LogP contribution in [0.3, 0.4) is 0 Å². The lowest BCUT2D eigenvalue weighted by atomic mass is 10.3. The Morgan fingerprint density at radius 3 is 2.87 bits per heavy atom. The number of aliphatic hydroxyl groups excluding tert-OH is 2. The van der Waals surface area contributed by atoms with E-state index in [9.17, 15) is 4.79 Å². The van der Waals surface area contributed by atoms with Crippen LogP contribution in [-0.2, 0) is 7.05 Å². The normalized spacial score (nSPS) is 12.5. The number of nitrogens with zero attached hydrogens (tertiary/aromatic N) is 3. The molecule has 1 rings (SSSR count). The fraction of sp³-hybridized carbons (Fsp3) is 0.556. The molecule has 1 unspecified atom stereocenters. The van der Waals surface area contributed by atoms with Crippen molar-refractivity contribution in [3.05, 3.63) is 18.0 Å². The smallest absolute Gasteiger partial charge is 0.274 e. The molecule has 0 radical (unpaired) electrons. The predicted octanol–water partition coefficient (Wildman–Crippen LogP) is -1.15. The van der Waals surface area contributed by atoms with Crippen molar-refractivity contribution in [2.75, 3.05) is 20.2 Å². The standard InChI is InChI=1S/C9H15N3O3/c1-11(5-7(14)6-13)9(15)8-3-4-12(2)10-8/h3-4,7,13-14H,5-6H2,1-2H3. The second-order valence-electron chi connectivity index (χ2n) is 3.40. The summed E-state index contributed by atoms with van der Waals surface area (Å²) in [5, 5.41) is 21.7. The SMILES string of the molecule is CN(CC(O)CO)C(=O)c1ccn(C)n1. The molecule has 1 amide bonds. The van der Waals surface area contributed by atoms with Crippen LogP contribution in [0.4, 0.5) is 0 Å². The van der Waals surface area contributed by atoms with Gasteiger partial charge in [0.05, 0.1) is 12.7 Å². The maximum atomic E-state index is 11.7. The highest BCUT2D eigenvalue weighted by Gasteiger charge is 2.16. The Morgan fingerprint density at radius 2 is 2.40 bits per heavy atom. The first-order valence-corrected chi connectivity index (χ1v) is 4.58. The molecule has 6 nitrogen and oxygen atoms in total. The number of rotatable bonds is 4. The van der Waals surface area contributed by atoms with Gasteiger partial charge in [-0.1, -0.05) is 0 Å². The summed E-state index contributed by atoms with van der Waals surface area (Å²) in [5.41, 5.74) is 0.324. The number of hydrogen-bond donors (Lipinski definition) is 2. The summed E-state index contributed by atoms with van der Waals surface area (Å²) in [6.45, 7) is -0.272. The third-order valence-corrected chi connectivity index (χ3v) is 1.97. The number of aromatic nitrogens is 2. The van der Waals surface area contributed by atoms with Crippen LogP contribution >= 0.6 is 0 Å². The molecule has 6 heteroatoms. The predicted molar refractivity (Wildman–Crippen MR) is 53.3 cm³/mol. The summed E-state index contributed by atoms with van der Waals surface area (Å²) in [5.74, 6) is -0.275. The number of hydrogen-bond acceptors (Lipinski definition) is 4. The minimum atomic E-state index is -0.914. The first-order chi connectivity index (χ1) is 7.04. The average Bonchev–Trinajstić information content (AvgIpc) is 2.63. The van der Waals surface area contributed by atoms with Gasteiger partial charge in [0.1, 0.15) is 5.69 Å². The highest BCUT2D eigenvalue weighted by molar-refractivity contribution is 5.92. The summed E-state index contributed by atoms with van der Waals surface area (Å²) >= 11 is 0. The topological polar surface area (TPSA) is 78.6 Å². The molecule has 0 saturated carbocycles. The van der Waals surface area contributed by atoms with Gasteiger partial charge >= 0.3 is 0 Å². The fourth-order valence-electron chi connectivity index (χ4n) is 1.18. The van der Waals surface area contributed by atoms with Crippen LogP contribution in [0, 0.1) is 0 Å². The third kappa shape index (κ3) is 3.03. The van der Waals surface area contributed by atoms with Gasteiger partial charge in [0.15, 0.2) is 0 Å². The Morgan fingerprint density at radius 1 is 1.73 bits per heavy atom. The number of amides is 1. The Balaban J connectivity index is 2.60. The van der Waals surface area contributed by atoms with E-state index >= 15 is 0 Å². The lowest BCUT2D eigenvalue weighted by molar-refractivity contribution is 0.0516. The van der Waals surface area contributed by atoms with Crippen LogP contribution in [0.15, 0.2) is 12.3 Å². The monoisotopic (exact) mass is 213 g/mol. The number of aliphatic hydroxyl groups is 2. The van der Waals surface area contributed by atoms with Crippen molar-refractivity contribution in [1.29, 1.82) is 0 Å². The van der Waals surface area contributed by atoms with Gasteiger partial charge in [0, 0.05) is 26.8 Å². The number of aryl methyl sites for hydroxylation is 1. The summed E-state index contributed by atoms with van der Waals surface area (Å²) in [6.07, 6.45) is 0.756. The van der Waals surface area contributed by atoms with Gasteiger partial charge in [-0.2, -0.15) is 5.10 Å². The van der Waals surface area contributed by atoms with Crippen molar-refractivity contribution < 1.29 is 15.0 Å². The Labute approximate surface area is 87.7 Å². The minimum absolute atomic E-state index is 0.0892. The molecule has 0 saturated heterocycles. The van der Waals surface area contributed by atoms with Crippen LogP contribution in [-0.4, -0.2) is 57.1 Å². The molecular formula is C9H15N3O3. The first-order valence-electron chi connectivity index (χ1n) is 4.58. The van der Waals surface area contributed by atoms with E-state index in [2.05, 4.69) is 5.10 Å². The van der Waals surface area contributed by atoms with Crippen LogP contribution in [0.5, 0.6) is 0 Å². The van der Waals surface area contributed by atoms with Gasteiger partial charge < -0.3 is 15.1 Å². The molecular weight excluding hydrogens is 198 g/mol. The van der Waals surface area contributed by atoms with Gasteiger partial charge in [-0.3, -0.25) is 9.48 Å². The lowest BCUT2D eigenvalue weighted by Gasteiger charge is -2.18. The van der Waals surface area contributed by atoms with Crippen LogP contribution < -0.4 is 0 Å². The van der Waals surface area contributed by atoms with Crippen molar-refractivity contribution in [2.24, 2.45) is 7.05 Å². The molecule has 0 fully saturated rings. The molecule has 0 bridgehead atoms. The number of carbonyl (C=O) groups excluding carboxylic acids is 1. The molecule has 2 N–H and O–H groups in total. The second-order valence-corrected chi connectivity index (χ2v) is 3.40. The van der Waals surface area contributed by atoms with Gasteiger partial charge in [-0.15, -0.1) is 0 Å². The Kier molecular flexibility index (Phi) is 3.81. The Bertz CT molecular complexity index is 337. The molecule has 0 aromatic carbocycles. The zero-order valence-electron chi connectivity index (χ0n) is 8.79. The van der Waals surface area contributed by atoms with E-state index in [0.29, 0.717) is 5.69 Å². The van der Waals surface area contributed by atoms with Crippen molar-refractivity contribution in [1.82, 2.24) is 14.7 Å². The largest absolute Gasteiger partial charge is 0.394 e. The molecule has 15 heavy (non-hydrogen) atoms. The average molecular weight is 213 g/mol. The molecule has 0 spiro atoms. The van der Waals surface area contributed by atoms with Crippen molar-refractivity contribution in [2.45, 2.75) is 6.10 Å². The summed E-state index contributed by atoms with van der Waals surface area (Å²) in [6, 6.07) is 1.60. The number of carbonyl (C=O) groups is 1. The molecule has 1 aromatic heterocycles. The zero-order valence-corrected chi connectivity index (χ0v) is 8.79. The van der Waals surface area contributed by atoms with E-state index in [0.717, 1.165) is 0 Å². The maximum Gasteiger partial charge on any atom is 0.274 e. The maximum absolute atomic E-state index is 11.7. The third-order valence-electron chi connectivity index (χ3n) is 1.97. The highest BCUT2D eigenvalue weighted by Crippen LogP contribution is 2.00. The molecule has 0 aliphatic heterocycles. The van der Waals surface area contributed by atoms with E-state index < -0.39 is 6.10 Å². The summed E-state index contributed by atoms with van der Waals surface area (Å²) < 4.78 is 1.53. The molecule has 84 valence electrons. The molecule has 1 heterocycles. The zero-order chi connectivity index (χ0) is 11.4. The summed E-state index contributed by atoms with van der Waals surface area (Å²) in [4.78, 5) is 13.0. The van der Waals surface area contributed by atoms with Gasteiger partial charge in [-0.05, 0) is 6.07 Å². The van der Waals surface area contributed by atoms with E-state index in [4.69, 9.17) is 10.2 Å². The first kappa shape index (κ1) is 11.7. The van der Waals surface area contributed by atoms with E-state index in [1.807, 2.05) is 0 Å².